The molecule has 0 spiro atoms. The fraction of sp³-hybridized carbons (Fsp3) is 0.417. The summed E-state index contributed by atoms with van der Waals surface area (Å²) >= 11 is 0. The van der Waals surface area contributed by atoms with E-state index in [1.54, 1.807) is 0 Å². The minimum Gasteiger partial charge on any atom is -0.494 e. The Morgan fingerprint density at radius 1 is 1.67 bits per heavy atom. The van der Waals surface area contributed by atoms with E-state index in [1.165, 1.54) is 13.4 Å². The molecule has 0 N–H and O–H groups in total. The van der Waals surface area contributed by atoms with Gasteiger partial charge in [0, 0.05) is 5.92 Å². The van der Waals surface area contributed by atoms with Crippen LogP contribution in [-0.4, -0.2) is 19.2 Å². The maximum atomic E-state index is 11.0. The summed E-state index contributed by atoms with van der Waals surface area (Å²) in [6, 6.07) is 0. The molecule has 1 rings (SSSR count). The second kappa shape index (κ2) is 5.39. The van der Waals surface area contributed by atoms with E-state index in [2.05, 4.69) is 11.3 Å². The van der Waals surface area contributed by atoms with Crippen LogP contribution in [0.3, 0.4) is 0 Å². The SMILES string of the molecule is C=COC1C=CC(CC(=O)OC)=CC1C. The number of rotatable bonds is 4. The molecule has 0 saturated heterocycles. The van der Waals surface area contributed by atoms with E-state index < -0.39 is 0 Å². The molecule has 0 amide bonds. The van der Waals surface area contributed by atoms with E-state index in [0.717, 1.165) is 5.57 Å². The molecule has 0 heterocycles. The van der Waals surface area contributed by atoms with Crippen molar-refractivity contribution in [2.45, 2.75) is 19.4 Å². The van der Waals surface area contributed by atoms with Gasteiger partial charge in [-0.1, -0.05) is 25.7 Å². The van der Waals surface area contributed by atoms with Gasteiger partial charge in [-0.3, -0.25) is 4.79 Å². The number of methoxy groups -OCH3 is 1. The van der Waals surface area contributed by atoms with Crippen molar-refractivity contribution in [3.05, 3.63) is 36.6 Å². The molecule has 0 radical (unpaired) electrons. The Morgan fingerprint density at radius 2 is 2.40 bits per heavy atom. The number of allylic oxidation sites excluding steroid dienone is 1. The zero-order chi connectivity index (χ0) is 11.3. The second-order valence-corrected chi connectivity index (χ2v) is 3.48. The standard InChI is InChI=1S/C12H16O3/c1-4-15-11-6-5-10(7-9(11)2)8-12(13)14-3/h4-7,9,11H,1,8H2,2-3H3. The van der Waals surface area contributed by atoms with Crippen molar-refractivity contribution in [2.24, 2.45) is 5.92 Å². The summed E-state index contributed by atoms with van der Waals surface area (Å²) in [5.41, 5.74) is 0.971. The smallest absolute Gasteiger partial charge is 0.309 e. The Kier molecular flexibility index (Phi) is 4.16. The zero-order valence-corrected chi connectivity index (χ0v) is 9.10. The molecular weight excluding hydrogens is 192 g/mol. The number of carbonyl (C=O) groups is 1. The van der Waals surface area contributed by atoms with Gasteiger partial charge in [0.15, 0.2) is 0 Å². The first-order chi connectivity index (χ1) is 7.17. The summed E-state index contributed by atoms with van der Waals surface area (Å²) in [4.78, 5) is 11.0. The molecule has 0 aliphatic heterocycles. The van der Waals surface area contributed by atoms with Gasteiger partial charge in [0.25, 0.3) is 0 Å². The van der Waals surface area contributed by atoms with Crippen LogP contribution >= 0.6 is 0 Å². The van der Waals surface area contributed by atoms with Gasteiger partial charge >= 0.3 is 5.97 Å². The van der Waals surface area contributed by atoms with Crippen molar-refractivity contribution in [3.63, 3.8) is 0 Å². The monoisotopic (exact) mass is 208 g/mol. The van der Waals surface area contributed by atoms with Crippen LogP contribution in [0.1, 0.15) is 13.3 Å². The predicted molar refractivity (Wildman–Crippen MR) is 58.1 cm³/mol. The first kappa shape index (κ1) is 11.6. The molecule has 0 bridgehead atoms. The van der Waals surface area contributed by atoms with Crippen LogP contribution in [0.25, 0.3) is 0 Å². The summed E-state index contributed by atoms with van der Waals surface area (Å²) < 4.78 is 9.89. The Balaban J connectivity index is 2.58. The van der Waals surface area contributed by atoms with Gasteiger partial charge in [-0.25, -0.2) is 0 Å². The van der Waals surface area contributed by atoms with Gasteiger partial charge in [-0.15, -0.1) is 0 Å². The molecule has 1 aliphatic rings. The Labute approximate surface area is 90.1 Å². The summed E-state index contributed by atoms with van der Waals surface area (Å²) in [7, 11) is 1.39. The van der Waals surface area contributed by atoms with Gasteiger partial charge in [-0.05, 0) is 11.6 Å². The van der Waals surface area contributed by atoms with Crippen LogP contribution in [0.4, 0.5) is 0 Å². The highest BCUT2D eigenvalue weighted by molar-refractivity contribution is 5.73. The van der Waals surface area contributed by atoms with Crippen molar-refractivity contribution < 1.29 is 14.3 Å². The van der Waals surface area contributed by atoms with Crippen molar-refractivity contribution in [2.75, 3.05) is 7.11 Å². The maximum Gasteiger partial charge on any atom is 0.309 e. The average Bonchev–Trinajstić information content (AvgIpc) is 2.22. The van der Waals surface area contributed by atoms with Crippen LogP contribution in [-0.2, 0) is 14.3 Å². The lowest BCUT2D eigenvalue weighted by molar-refractivity contribution is -0.139. The van der Waals surface area contributed by atoms with E-state index in [9.17, 15) is 4.79 Å². The van der Waals surface area contributed by atoms with Gasteiger partial charge in [-0.2, -0.15) is 0 Å². The molecule has 0 aromatic rings. The Bertz CT molecular complexity index is 302. The van der Waals surface area contributed by atoms with E-state index in [4.69, 9.17) is 4.74 Å². The largest absolute Gasteiger partial charge is 0.494 e. The minimum atomic E-state index is -0.221. The van der Waals surface area contributed by atoms with E-state index >= 15 is 0 Å². The molecule has 0 saturated carbocycles. The topological polar surface area (TPSA) is 35.5 Å². The van der Waals surface area contributed by atoms with Crippen LogP contribution in [0.2, 0.25) is 0 Å². The number of hydrogen-bond donors (Lipinski definition) is 0. The summed E-state index contributed by atoms with van der Waals surface area (Å²) in [5.74, 6) is 0.0221. The molecule has 15 heavy (non-hydrogen) atoms. The van der Waals surface area contributed by atoms with Crippen LogP contribution in [0, 0.1) is 5.92 Å². The fourth-order valence-electron chi connectivity index (χ4n) is 1.52. The molecule has 0 aromatic carbocycles. The van der Waals surface area contributed by atoms with Gasteiger partial charge < -0.3 is 9.47 Å². The fourth-order valence-corrected chi connectivity index (χ4v) is 1.52. The van der Waals surface area contributed by atoms with Crippen LogP contribution in [0.5, 0.6) is 0 Å². The quantitative estimate of drug-likeness (QED) is 0.525. The van der Waals surface area contributed by atoms with E-state index in [1.807, 2.05) is 25.2 Å². The van der Waals surface area contributed by atoms with Crippen LogP contribution < -0.4 is 0 Å². The predicted octanol–water partition coefficient (Wildman–Crippen LogP) is 2.21. The molecule has 0 aromatic heterocycles. The van der Waals surface area contributed by atoms with E-state index in [-0.39, 0.29) is 18.0 Å². The molecular formula is C12H16O3. The van der Waals surface area contributed by atoms with Gasteiger partial charge in [0.2, 0.25) is 0 Å². The first-order valence-electron chi connectivity index (χ1n) is 4.89. The Hall–Kier alpha value is -1.51. The number of hydrogen-bond acceptors (Lipinski definition) is 3. The lowest BCUT2D eigenvalue weighted by atomic mass is 9.94. The van der Waals surface area contributed by atoms with Crippen molar-refractivity contribution in [1.29, 1.82) is 0 Å². The molecule has 3 nitrogen and oxygen atoms in total. The van der Waals surface area contributed by atoms with Gasteiger partial charge in [0.05, 0.1) is 19.8 Å². The van der Waals surface area contributed by atoms with Gasteiger partial charge in [0.1, 0.15) is 6.10 Å². The molecule has 1 aliphatic carbocycles. The lowest BCUT2D eigenvalue weighted by Crippen LogP contribution is -2.19. The molecule has 0 fully saturated rings. The molecule has 2 atom stereocenters. The van der Waals surface area contributed by atoms with Crippen molar-refractivity contribution in [3.8, 4) is 0 Å². The first-order valence-corrected chi connectivity index (χ1v) is 4.89. The molecule has 2 unspecified atom stereocenters. The van der Waals surface area contributed by atoms with Crippen LogP contribution in [0.15, 0.2) is 36.6 Å². The minimum absolute atomic E-state index is 0.0175. The van der Waals surface area contributed by atoms with E-state index in [0.29, 0.717) is 6.42 Å². The van der Waals surface area contributed by atoms with Crippen molar-refractivity contribution in [1.82, 2.24) is 0 Å². The summed E-state index contributed by atoms with van der Waals surface area (Å²) in [5, 5.41) is 0. The number of carbonyl (C=O) groups excluding carboxylic acids is 1. The number of esters is 1. The zero-order valence-electron chi connectivity index (χ0n) is 9.10. The normalized spacial score (nSPS) is 24.3. The summed E-state index contributed by atoms with van der Waals surface area (Å²) in [6.07, 6.45) is 7.62. The number of ether oxygens (including phenoxy) is 2. The molecule has 3 heteroatoms. The lowest BCUT2D eigenvalue weighted by Gasteiger charge is -2.21. The highest BCUT2D eigenvalue weighted by Gasteiger charge is 2.18. The highest BCUT2D eigenvalue weighted by Crippen LogP contribution is 2.21. The summed E-state index contributed by atoms with van der Waals surface area (Å²) in [6.45, 7) is 5.56. The molecule has 82 valence electrons. The third-order valence-corrected chi connectivity index (χ3v) is 2.32. The average molecular weight is 208 g/mol. The second-order valence-electron chi connectivity index (χ2n) is 3.48. The van der Waals surface area contributed by atoms with Crippen molar-refractivity contribution >= 4 is 5.97 Å². The third kappa shape index (κ3) is 3.27. The third-order valence-electron chi connectivity index (χ3n) is 2.32. The highest BCUT2D eigenvalue weighted by atomic mass is 16.5. The Morgan fingerprint density at radius 3 is 2.93 bits per heavy atom. The maximum absolute atomic E-state index is 11.0.